The monoisotopic (exact) mass is 126 g/mol. The molecule has 0 aromatic carbocycles. The summed E-state index contributed by atoms with van der Waals surface area (Å²) in [5.41, 5.74) is 0. The van der Waals surface area contributed by atoms with Gasteiger partial charge in [-0.05, 0) is 6.08 Å². The Hall–Kier alpha value is -1.32. The maximum Gasteiger partial charge on any atom is 0.349 e. The van der Waals surface area contributed by atoms with E-state index < -0.39 is 12.1 Å². The molecule has 0 aliphatic carbocycles. The van der Waals surface area contributed by atoms with Crippen LogP contribution in [-0.2, 0) is 4.79 Å². The highest BCUT2D eigenvalue weighted by atomic mass is 16.4. The lowest BCUT2D eigenvalue weighted by Crippen LogP contribution is -2.32. The molecule has 0 fully saturated rings. The smallest absolute Gasteiger partial charge is 0.349 e. The van der Waals surface area contributed by atoms with Crippen molar-refractivity contribution in [3.05, 3.63) is 12.3 Å². The molecule has 1 unspecified atom stereocenters. The highest BCUT2D eigenvalue weighted by Gasteiger charge is 2.12. The summed E-state index contributed by atoms with van der Waals surface area (Å²) in [7, 11) is 0. The van der Waals surface area contributed by atoms with Gasteiger partial charge in [-0.25, -0.2) is 4.79 Å². The van der Waals surface area contributed by atoms with Crippen LogP contribution in [0.25, 0.3) is 0 Å². The predicted octanol–water partition coefficient (Wildman–Crippen LogP) is -0.415. The number of nitrogens with zero attached hydrogens (tertiary/aromatic N) is 1. The molecule has 9 heavy (non-hydrogen) atoms. The lowest BCUT2D eigenvalue weighted by atomic mass is 10.4. The standard InChI is InChI=1S/C5H6N2O2/c8-5(9)4-6-2-1-3-7-4/h1-4,6H,(H,8,9). The van der Waals surface area contributed by atoms with Crippen LogP contribution in [0.5, 0.6) is 0 Å². The van der Waals surface area contributed by atoms with Crippen LogP contribution in [0, 0.1) is 0 Å². The normalized spacial score (nSPS) is 23.3. The zero-order valence-corrected chi connectivity index (χ0v) is 4.61. The van der Waals surface area contributed by atoms with Crippen LogP contribution in [0.3, 0.4) is 0 Å². The largest absolute Gasteiger partial charge is 0.478 e. The minimum absolute atomic E-state index is 0.796. The minimum Gasteiger partial charge on any atom is -0.478 e. The van der Waals surface area contributed by atoms with Gasteiger partial charge in [-0.1, -0.05) is 0 Å². The molecule has 0 saturated carbocycles. The van der Waals surface area contributed by atoms with Crippen LogP contribution >= 0.6 is 0 Å². The molecule has 0 aromatic heterocycles. The Kier molecular flexibility index (Phi) is 1.48. The number of aliphatic carboxylic acids is 1. The van der Waals surface area contributed by atoms with Crippen molar-refractivity contribution in [2.45, 2.75) is 6.17 Å². The van der Waals surface area contributed by atoms with Crippen molar-refractivity contribution in [2.75, 3.05) is 0 Å². The highest BCUT2D eigenvalue weighted by molar-refractivity contribution is 5.80. The zero-order valence-electron chi connectivity index (χ0n) is 4.61. The maximum absolute atomic E-state index is 10.1. The Morgan fingerprint density at radius 3 is 2.89 bits per heavy atom. The fourth-order valence-electron chi connectivity index (χ4n) is 0.504. The van der Waals surface area contributed by atoms with Gasteiger partial charge in [-0.3, -0.25) is 4.99 Å². The summed E-state index contributed by atoms with van der Waals surface area (Å²) in [5.74, 6) is -0.962. The number of carboxylic acids is 1. The summed E-state index contributed by atoms with van der Waals surface area (Å²) >= 11 is 0. The van der Waals surface area contributed by atoms with Crippen molar-refractivity contribution >= 4 is 12.2 Å². The summed E-state index contributed by atoms with van der Waals surface area (Å²) in [4.78, 5) is 13.8. The number of hydrogen-bond donors (Lipinski definition) is 2. The van der Waals surface area contributed by atoms with Crippen molar-refractivity contribution in [3.63, 3.8) is 0 Å². The van der Waals surface area contributed by atoms with Gasteiger partial charge in [-0.15, -0.1) is 0 Å². The quantitative estimate of drug-likeness (QED) is 0.501. The molecule has 0 aromatic rings. The summed E-state index contributed by atoms with van der Waals surface area (Å²) in [6.07, 6.45) is 3.84. The summed E-state index contributed by atoms with van der Waals surface area (Å²) in [5, 5.41) is 10.9. The average molecular weight is 126 g/mol. The molecule has 0 bridgehead atoms. The van der Waals surface area contributed by atoms with Crippen LogP contribution in [0.4, 0.5) is 0 Å². The van der Waals surface area contributed by atoms with Gasteiger partial charge < -0.3 is 10.4 Å². The van der Waals surface area contributed by atoms with E-state index in [9.17, 15) is 4.79 Å². The molecule has 1 rings (SSSR count). The summed E-state index contributed by atoms with van der Waals surface area (Å²) in [6, 6.07) is 0. The second-order valence-corrected chi connectivity index (χ2v) is 1.56. The van der Waals surface area contributed by atoms with Crippen LogP contribution in [-0.4, -0.2) is 23.5 Å². The fraction of sp³-hybridized carbons (Fsp3) is 0.200. The number of aliphatic imine (C=N–C) groups is 1. The lowest BCUT2D eigenvalue weighted by molar-refractivity contribution is -0.138. The molecular formula is C5H6N2O2. The molecule has 1 aliphatic rings. The average Bonchev–Trinajstić information content (AvgIpc) is 1.90. The van der Waals surface area contributed by atoms with Gasteiger partial charge in [0.2, 0.25) is 6.17 Å². The second kappa shape index (κ2) is 2.30. The Bertz CT molecular complexity index is 174. The number of carboxylic acid groups (broad SMARTS) is 1. The van der Waals surface area contributed by atoms with Gasteiger partial charge in [0.1, 0.15) is 0 Å². The number of hydrogen-bond acceptors (Lipinski definition) is 3. The molecule has 1 atom stereocenters. The van der Waals surface area contributed by atoms with Crippen LogP contribution in [0.1, 0.15) is 0 Å². The number of nitrogens with one attached hydrogen (secondary N) is 1. The van der Waals surface area contributed by atoms with Gasteiger partial charge in [-0.2, -0.15) is 0 Å². The Morgan fingerprint density at radius 1 is 1.78 bits per heavy atom. The molecule has 0 saturated heterocycles. The van der Waals surface area contributed by atoms with E-state index in [2.05, 4.69) is 10.3 Å². The maximum atomic E-state index is 10.1. The van der Waals surface area contributed by atoms with E-state index in [1.165, 1.54) is 6.21 Å². The van der Waals surface area contributed by atoms with Crippen LogP contribution in [0.15, 0.2) is 17.3 Å². The Balaban J connectivity index is 2.56. The van der Waals surface area contributed by atoms with Crippen molar-refractivity contribution in [3.8, 4) is 0 Å². The molecule has 0 radical (unpaired) electrons. The molecular weight excluding hydrogens is 120 g/mol. The van der Waals surface area contributed by atoms with E-state index in [1.807, 2.05) is 0 Å². The first kappa shape index (κ1) is 5.81. The molecule has 2 N–H and O–H groups in total. The Labute approximate surface area is 51.9 Å². The molecule has 0 spiro atoms. The molecule has 4 nitrogen and oxygen atoms in total. The first-order valence-corrected chi connectivity index (χ1v) is 2.48. The number of carbonyl (C=O) groups is 1. The Morgan fingerprint density at radius 2 is 2.56 bits per heavy atom. The summed E-state index contributed by atoms with van der Waals surface area (Å²) < 4.78 is 0. The molecule has 1 heterocycles. The van der Waals surface area contributed by atoms with Crippen molar-refractivity contribution in [1.82, 2.24) is 5.32 Å². The predicted molar refractivity (Wildman–Crippen MR) is 32.2 cm³/mol. The third-order valence-corrected chi connectivity index (χ3v) is 0.905. The third-order valence-electron chi connectivity index (χ3n) is 0.905. The van der Waals surface area contributed by atoms with Crippen LogP contribution in [0.2, 0.25) is 0 Å². The van der Waals surface area contributed by atoms with E-state index in [0.29, 0.717) is 0 Å². The van der Waals surface area contributed by atoms with E-state index >= 15 is 0 Å². The van der Waals surface area contributed by atoms with Gasteiger partial charge in [0, 0.05) is 12.4 Å². The fourth-order valence-corrected chi connectivity index (χ4v) is 0.504. The number of rotatable bonds is 1. The second-order valence-electron chi connectivity index (χ2n) is 1.56. The zero-order chi connectivity index (χ0) is 6.69. The van der Waals surface area contributed by atoms with Gasteiger partial charge >= 0.3 is 5.97 Å². The van der Waals surface area contributed by atoms with E-state index in [0.717, 1.165) is 0 Å². The third kappa shape index (κ3) is 1.28. The number of allylic oxidation sites excluding steroid dienone is 1. The topological polar surface area (TPSA) is 61.7 Å². The highest BCUT2D eigenvalue weighted by Crippen LogP contribution is 1.89. The minimum atomic E-state index is -0.962. The first-order chi connectivity index (χ1) is 4.30. The molecule has 1 aliphatic heterocycles. The first-order valence-electron chi connectivity index (χ1n) is 2.48. The molecule has 4 heteroatoms. The molecule has 48 valence electrons. The van der Waals surface area contributed by atoms with Crippen molar-refractivity contribution in [2.24, 2.45) is 4.99 Å². The summed E-state index contributed by atoms with van der Waals surface area (Å²) in [6.45, 7) is 0. The van der Waals surface area contributed by atoms with Crippen LogP contribution < -0.4 is 5.32 Å². The van der Waals surface area contributed by atoms with E-state index in [4.69, 9.17) is 5.11 Å². The SMILES string of the molecule is O=C(O)C1N=CC=CN1. The van der Waals surface area contributed by atoms with E-state index in [-0.39, 0.29) is 0 Å². The van der Waals surface area contributed by atoms with E-state index in [1.54, 1.807) is 12.3 Å². The lowest BCUT2D eigenvalue weighted by Gasteiger charge is -2.08. The van der Waals surface area contributed by atoms with Crippen molar-refractivity contribution < 1.29 is 9.90 Å². The van der Waals surface area contributed by atoms with Gasteiger partial charge in [0.15, 0.2) is 0 Å². The van der Waals surface area contributed by atoms with Crippen molar-refractivity contribution in [1.29, 1.82) is 0 Å². The van der Waals surface area contributed by atoms with Gasteiger partial charge in [0.05, 0.1) is 0 Å². The molecule has 0 amide bonds. The van der Waals surface area contributed by atoms with Gasteiger partial charge in [0.25, 0.3) is 0 Å².